The molecule has 3 nitrogen and oxygen atoms in total. The summed E-state index contributed by atoms with van der Waals surface area (Å²) in [4.78, 5) is 1.85. The number of nitrogen functional groups attached to an aromatic ring is 1. The normalized spacial score (nSPS) is 13.2. The van der Waals surface area contributed by atoms with Gasteiger partial charge < -0.3 is 15.7 Å². The molecular weight excluding hydrogens is 183 g/mol. The highest BCUT2D eigenvalue weighted by Crippen LogP contribution is 2.18. The third-order valence-electron chi connectivity index (χ3n) is 1.94. The third-order valence-corrected chi connectivity index (χ3v) is 1.94. The molecule has 1 aromatic rings. The number of nitrogens with zero attached hydrogens (tertiary/aromatic N) is 1. The van der Waals surface area contributed by atoms with Gasteiger partial charge >= 0.3 is 0 Å². The van der Waals surface area contributed by atoms with Gasteiger partial charge in [0.2, 0.25) is 0 Å². The smallest absolute Gasteiger partial charge is 0.146 e. The Hall–Kier alpha value is -1.13. The summed E-state index contributed by atoms with van der Waals surface area (Å²) in [6, 6.07) is 4.27. The number of benzene rings is 1. The molecule has 0 aliphatic heterocycles. The molecule has 0 heterocycles. The zero-order valence-electron chi connectivity index (χ0n) is 8.37. The molecule has 1 atom stereocenters. The molecule has 1 rings (SSSR count). The highest BCUT2D eigenvalue weighted by molar-refractivity contribution is 5.43. The summed E-state index contributed by atoms with van der Waals surface area (Å²) in [7, 11) is 3.71. The van der Waals surface area contributed by atoms with Crippen molar-refractivity contribution < 1.29 is 9.50 Å². The van der Waals surface area contributed by atoms with Gasteiger partial charge in [0.25, 0.3) is 0 Å². The van der Waals surface area contributed by atoms with E-state index in [1.54, 1.807) is 6.07 Å². The van der Waals surface area contributed by atoms with E-state index in [1.165, 1.54) is 12.1 Å². The Morgan fingerprint density at radius 3 is 2.64 bits per heavy atom. The van der Waals surface area contributed by atoms with Crippen molar-refractivity contribution in [1.82, 2.24) is 4.90 Å². The SMILES string of the molecule is CN(C)CC(O)c1ccc(F)c(N)c1. The molecule has 0 spiro atoms. The molecule has 4 heteroatoms. The molecule has 0 fully saturated rings. The van der Waals surface area contributed by atoms with Crippen molar-refractivity contribution in [3.63, 3.8) is 0 Å². The van der Waals surface area contributed by atoms with Crippen molar-refractivity contribution in [2.75, 3.05) is 26.4 Å². The molecule has 0 aromatic heterocycles. The number of aliphatic hydroxyl groups excluding tert-OH is 1. The van der Waals surface area contributed by atoms with Gasteiger partial charge in [-0.15, -0.1) is 0 Å². The van der Waals surface area contributed by atoms with Crippen LogP contribution in [0.3, 0.4) is 0 Å². The van der Waals surface area contributed by atoms with Crippen molar-refractivity contribution in [3.8, 4) is 0 Å². The van der Waals surface area contributed by atoms with Gasteiger partial charge in [0.05, 0.1) is 11.8 Å². The number of likely N-dealkylation sites (N-methyl/N-ethyl adjacent to an activating group) is 1. The number of anilines is 1. The molecule has 3 N–H and O–H groups in total. The summed E-state index contributed by atoms with van der Waals surface area (Å²) in [5.41, 5.74) is 6.10. The van der Waals surface area contributed by atoms with Crippen LogP contribution in [0, 0.1) is 5.82 Å². The summed E-state index contributed by atoms with van der Waals surface area (Å²) < 4.78 is 12.8. The summed E-state index contributed by atoms with van der Waals surface area (Å²) in [5.74, 6) is -0.453. The zero-order chi connectivity index (χ0) is 10.7. The third kappa shape index (κ3) is 2.68. The Morgan fingerprint density at radius 1 is 1.50 bits per heavy atom. The van der Waals surface area contributed by atoms with E-state index in [0.717, 1.165) is 0 Å². The molecule has 0 aliphatic rings. The fraction of sp³-hybridized carbons (Fsp3) is 0.400. The second kappa shape index (κ2) is 4.39. The van der Waals surface area contributed by atoms with Crippen LogP contribution in [0.15, 0.2) is 18.2 Å². The van der Waals surface area contributed by atoms with E-state index in [9.17, 15) is 9.50 Å². The van der Waals surface area contributed by atoms with Crippen molar-refractivity contribution in [3.05, 3.63) is 29.6 Å². The van der Waals surface area contributed by atoms with Crippen molar-refractivity contribution in [2.45, 2.75) is 6.10 Å². The first kappa shape index (κ1) is 10.9. The van der Waals surface area contributed by atoms with Crippen molar-refractivity contribution in [1.29, 1.82) is 0 Å². The van der Waals surface area contributed by atoms with Crippen LogP contribution in [0.5, 0.6) is 0 Å². The highest BCUT2D eigenvalue weighted by Gasteiger charge is 2.10. The van der Waals surface area contributed by atoms with Crippen LogP contribution in [0.25, 0.3) is 0 Å². The maximum Gasteiger partial charge on any atom is 0.146 e. The Morgan fingerprint density at radius 2 is 2.14 bits per heavy atom. The number of hydrogen-bond acceptors (Lipinski definition) is 3. The number of aliphatic hydroxyl groups is 1. The van der Waals surface area contributed by atoms with E-state index in [4.69, 9.17) is 5.73 Å². The first-order valence-electron chi connectivity index (χ1n) is 4.38. The molecule has 0 aliphatic carbocycles. The lowest BCUT2D eigenvalue weighted by atomic mass is 10.1. The second-order valence-corrected chi connectivity index (χ2v) is 3.56. The summed E-state index contributed by atoms with van der Waals surface area (Å²) in [6.45, 7) is 0.491. The van der Waals surface area contributed by atoms with E-state index in [0.29, 0.717) is 12.1 Å². The average Bonchev–Trinajstić information content (AvgIpc) is 2.08. The van der Waals surface area contributed by atoms with E-state index < -0.39 is 11.9 Å². The van der Waals surface area contributed by atoms with E-state index in [-0.39, 0.29) is 5.69 Å². The molecule has 1 aromatic carbocycles. The molecule has 1 unspecified atom stereocenters. The quantitative estimate of drug-likeness (QED) is 0.712. The van der Waals surface area contributed by atoms with Gasteiger partial charge in [-0.25, -0.2) is 4.39 Å². The van der Waals surface area contributed by atoms with E-state index in [1.807, 2.05) is 19.0 Å². The van der Waals surface area contributed by atoms with Crippen LogP contribution in [0.4, 0.5) is 10.1 Å². The van der Waals surface area contributed by atoms with Gasteiger partial charge in [-0.2, -0.15) is 0 Å². The predicted molar refractivity (Wildman–Crippen MR) is 54.3 cm³/mol. The average molecular weight is 198 g/mol. The van der Waals surface area contributed by atoms with Gasteiger partial charge in [0.1, 0.15) is 5.82 Å². The lowest BCUT2D eigenvalue weighted by Crippen LogP contribution is -2.20. The Labute approximate surface area is 83.0 Å². The van der Waals surface area contributed by atoms with E-state index >= 15 is 0 Å². The minimum atomic E-state index is -0.632. The summed E-state index contributed by atoms with van der Waals surface area (Å²) >= 11 is 0. The minimum absolute atomic E-state index is 0.0697. The maximum absolute atomic E-state index is 12.8. The van der Waals surface area contributed by atoms with E-state index in [2.05, 4.69) is 0 Å². The van der Waals surface area contributed by atoms with Crippen LogP contribution in [-0.4, -0.2) is 30.6 Å². The molecule has 14 heavy (non-hydrogen) atoms. The van der Waals surface area contributed by atoms with Gasteiger partial charge in [-0.05, 0) is 31.8 Å². The summed E-state index contributed by atoms with van der Waals surface area (Å²) in [6.07, 6.45) is -0.632. The van der Waals surface area contributed by atoms with Crippen molar-refractivity contribution in [2.24, 2.45) is 0 Å². The molecule has 0 radical (unpaired) electrons. The topological polar surface area (TPSA) is 49.5 Å². The standard InChI is InChI=1S/C10H15FN2O/c1-13(2)6-10(14)7-3-4-8(11)9(12)5-7/h3-5,10,14H,6,12H2,1-2H3. The van der Waals surface area contributed by atoms with Crippen LogP contribution in [0.2, 0.25) is 0 Å². The van der Waals surface area contributed by atoms with Crippen LogP contribution in [-0.2, 0) is 0 Å². The minimum Gasteiger partial charge on any atom is -0.396 e. The largest absolute Gasteiger partial charge is 0.396 e. The molecular formula is C10H15FN2O. The first-order chi connectivity index (χ1) is 6.50. The second-order valence-electron chi connectivity index (χ2n) is 3.56. The highest BCUT2D eigenvalue weighted by atomic mass is 19.1. The predicted octanol–water partition coefficient (Wildman–Crippen LogP) is 1.00. The van der Waals surface area contributed by atoms with Crippen molar-refractivity contribution >= 4 is 5.69 Å². The van der Waals surface area contributed by atoms with Crippen LogP contribution < -0.4 is 5.73 Å². The molecule has 0 saturated carbocycles. The van der Waals surface area contributed by atoms with Gasteiger partial charge in [0.15, 0.2) is 0 Å². The number of hydrogen-bond donors (Lipinski definition) is 2. The fourth-order valence-corrected chi connectivity index (χ4v) is 1.22. The molecule has 0 amide bonds. The maximum atomic E-state index is 12.8. The summed E-state index contributed by atoms with van der Waals surface area (Å²) in [5, 5.41) is 9.69. The molecule has 78 valence electrons. The Bertz CT molecular complexity index is 315. The van der Waals surface area contributed by atoms with Crippen LogP contribution in [0.1, 0.15) is 11.7 Å². The Kier molecular flexibility index (Phi) is 3.43. The molecule has 0 bridgehead atoms. The Balaban J connectivity index is 2.80. The number of nitrogens with two attached hydrogens (primary N) is 1. The lowest BCUT2D eigenvalue weighted by Gasteiger charge is -2.16. The number of rotatable bonds is 3. The first-order valence-corrected chi connectivity index (χ1v) is 4.38. The van der Waals surface area contributed by atoms with Gasteiger partial charge in [-0.3, -0.25) is 0 Å². The number of halogens is 1. The monoisotopic (exact) mass is 198 g/mol. The van der Waals surface area contributed by atoms with Crippen LogP contribution >= 0.6 is 0 Å². The van der Waals surface area contributed by atoms with Gasteiger partial charge in [-0.1, -0.05) is 6.07 Å². The van der Waals surface area contributed by atoms with Gasteiger partial charge in [0, 0.05) is 6.54 Å². The fourth-order valence-electron chi connectivity index (χ4n) is 1.22. The lowest BCUT2D eigenvalue weighted by molar-refractivity contribution is 0.138. The zero-order valence-corrected chi connectivity index (χ0v) is 8.37. The molecule has 0 saturated heterocycles.